The number of nitrogens with zero attached hydrogens (tertiary/aromatic N) is 2. The van der Waals surface area contributed by atoms with Crippen LogP contribution in [0.1, 0.15) is 50.7 Å². The van der Waals surface area contributed by atoms with Gasteiger partial charge in [-0.3, -0.25) is 9.59 Å². The number of hydrogen-bond acceptors (Lipinski definition) is 10. The number of ether oxygens (including phenoxy) is 1. The monoisotopic (exact) mass is 630 g/mol. The van der Waals surface area contributed by atoms with Crippen LogP contribution in [0.5, 0.6) is 5.75 Å². The summed E-state index contributed by atoms with van der Waals surface area (Å²) in [5, 5.41) is 35.8. The number of rotatable bonds is 8. The third-order valence-electron chi connectivity index (χ3n) is 6.83. The second-order valence-corrected chi connectivity index (χ2v) is 10.6. The maximum absolute atomic E-state index is 13.8. The standard InChI is InChI=1S/C29H24N6O7S.C2H6/c30-29-34-20-3-1-14(7-22(20)35-29)32-26(38)18-8-19-23(42-12-13-5-6-43-25(13)19)9-17(18)16-2-4-21(33-24(16)28(40)41)27(39)31-10-15(37)11-36;1-2/h1-9,15,36-37H,10-12H2,(H,31,39)(H,32,38)(H,40,41)(H3,30,34,35);1-2H3. The Morgan fingerprint density at radius 1 is 1.04 bits per heavy atom. The number of aromatic carboxylic acids is 1. The minimum absolute atomic E-state index is 0.0877. The number of carbonyl (C=O) groups is 3. The number of imidazole rings is 1. The predicted molar refractivity (Wildman–Crippen MR) is 170 cm³/mol. The van der Waals surface area contributed by atoms with Gasteiger partial charge in [-0.15, -0.1) is 11.3 Å². The molecule has 13 nitrogen and oxygen atoms in total. The molecule has 14 heteroatoms. The topological polar surface area (TPSA) is 213 Å². The summed E-state index contributed by atoms with van der Waals surface area (Å²) in [5.41, 5.74) is 8.88. The van der Waals surface area contributed by atoms with Crippen LogP contribution in [-0.4, -0.2) is 67.3 Å². The fourth-order valence-electron chi connectivity index (χ4n) is 4.77. The average Bonchev–Trinajstić information content (AvgIpc) is 3.69. The van der Waals surface area contributed by atoms with Crippen molar-refractivity contribution >= 4 is 51.8 Å². The van der Waals surface area contributed by atoms with E-state index in [1.165, 1.54) is 23.5 Å². The number of aromatic amines is 1. The maximum atomic E-state index is 13.8. The first-order valence-electron chi connectivity index (χ1n) is 14.0. The van der Waals surface area contributed by atoms with Crippen molar-refractivity contribution in [2.24, 2.45) is 0 Å². The number of pyridine rings is 1. The van der Waals surface area contributed by atoms with Crippen LogP contribution in [0.15, 0.2) is 53.9 Å². The zero-order chi connectivity index (χ0) is 32.2. The molecule has 1 unspecified atom stereocenters. The number of anilines is 2. The molecule has 2 aromatic carbocycles. The van der Waals surface area contributed by atoms with Gasteiger partial charge in [-0.25, -0.2) is 14.8 Å². The van der Waals surface area contributed by atoms with Gasteiger partial charge in [0.1, 0.15) is 18.1 Å². The molecule has 5 aromatic rings. The Hall–Kier alpha value is -5.31. The number of hydrogen-bond donors (Lipinski definition) is 7. The number of carboxylic acids is 1. The van der Waals surface area contributed by atoms with Crippen molar-refractivity contribution in [1.29, 1.82) is 0 Å². The van der Waals surface area contributed by atoms with E-state index in [9.17, 15) is 24.6 Å². The van der Waals surface area contributed by atoms with Crippen molar-refractivity contribution in [3.05, 3.63) is 76.4 Å². The zero-order valence-corrected chi connectivity index (χ0v) is 25.1. The quantitative estimate of drug-likeness (QED) is 0.131. The van der Waals surface area contributed by atoms with Gasteiger partial charge in [0.15, 0.2) is 11.6 Å². The second kappa shape index (κ2) is 13.1. The van der Waals surface area contributed by atoms with Crippen LogP contribution in [0.3, 0.4) is 0 Å². The zero-order valence-electron chi connectivity index (χ0n) is 24.2. The van der Waals surface area contributed by atoms with Gasteiger partial charge in [0.25, 0.3) is 11.8 Å². The van der Waals surface area contributed by atoms with Crippen molar-refractivity contribution < 1.29 is 34.4 Å². The highest BCUT2D eigenvalue weighted by atomic mass is 32.1. The van der Waals surface area contributed by atoms with Crippen LogP contribution in [0.25, 0.3) is 32.6 Å². The predicted octanol–water partition coefficient (Wildman–Crippen LogP) is 3.89. The van der Waals surface area contributed by atoms with Gasteiger partial charge in [0.05, 0.1) is 23.7 Å². The molecule has 1 aliphatic rings. The molecule has 0 saturated heterocycles. The number of fused-ring (bicyclic) bond motifs is 4. The largest absolute Gasteiger partial charge is 0.488 e. The average molecular weight is 631 g/mol. The molecule has 0 bridgehead atoms. The van der Waals surface area contributed by atoms with Gasteiger partial charge >= 0.3 is 5.97 Å². The summed E-state index contributed by atoms with van der Waals surface area (Å²) in [5.74, 6) is -1.99. The lowest BCUT2D eigenvalue weighted by Gasteiger charge is -2.21. The van der Waals surface area contributed by atoms with E-state index in [4.69, 9.17) is 15.6 Å². The van der Waals surface area contributed by atoms with Gasteiger partial charge in [-0.05, 0) is 53.9 Å². The molecule has 0 spiro atoms. The highest BCUT2D eigenvalue weighted by molar-refractivity contribution is 7.13. The molecule has 6 rings (SSSR count). The van der Waals surface area contributed by atoms with E-state index in [0.717, 1.165) is 10.4 Å². The summed E-state index contributed by atoms with van der Waals surface area (Å²) in [4.78, 5) is 50.9. The molecule has 45 heavy (non-hydrogen) atoms. The first kappa shape index (κ1) is 31.1. The molecule has 0 saturated carbocycles. The van der Waals surface area contributed by atoms with E-state index in [1.807, 2.05) is 25.3 Å². The molecule has 1 aliphatic heterocycles. The summed E-state index contributed by atoms with van der Waals surface area (Å²) in [6.07, 6.45) is -1.19. The fraction of sp³-hybridized carbons (Fsp3) is 0.194. The summed E-state index contributed by atoms with van der Waals surface area (Å²) in [6.45, 7) is 3.50. The molecular formula is C31H30N6O7S. The number of benzene rings is 2. The molecule has 0 fully saturated rings. The Balaban J connectivity index is 0.00000196. The number of aliphatic hydroxyl groups is 2. The number of nitrogens with one attached hydrogen (secondary N) is 3. The highest BCUT2D eigenvalue weighted by Gasteiger charge is 2.27. The molecule has 8 N–H and O–H groups in total. The number of H-pyrrole nitrogens is 1. The molecule has 4 heterocycles. The van der Waals surface area contributed by atoms with Crippen molar-refractivity contribution in [2.45, 2.75) is 26.6 Å². The first-order chi connectivity index (χ1) is 21.7. The summed E-state index contributed by atoms with van der Waals surface area (Å²) >= 11 is 1.50. The van der Waals surface area contributed by atoms with E-state index in [2.05, 4.69) is 25.6 Å². The molecule has 2 amide bonds. The lowest BCUT2D eigenvalue weighted by atomic mass is 9.92. The van der Waals surface area contributed by atoms with Crippen LogP contribution in [0, 0.1) is 0 Å². The first-order valence-corrected chi connectivity index (χ1v) is 14.9. The second-order valence-electron chi connectivity index (χ2n) is 9.71. The van der Waals surface area contributed by atoms with Crippen LogP contribution < -0.4 is 21.1 Å². The maximum Gasteiger partial charge on any atom is 0.355 e. The van der Waals surface area contributed by atoms with Crippen molar-refractivity contribution in [3.63, 3.8) is 0 Å². The number of aromatic nitrogens is 3. The molecular weight excluding hydrogens is 600 g/mol. The third kappa shape index (κ3) is 6.33. The minimum Gasteiger partial charge on any atom is -0.488 e. The van der Waals surface area contributed by atoms with Gasteiger partial charge in [-0.1, -0.05) is 13.8 Å². The van der Waals surface area contributed by atoms with E-state index in [-0.39, 0.29) is 34.9 Å². The van der Waals surface area contributed by atoms with Gasteiger partial charge in [-0.2, -0.15) is 0 Å². The lowest BCUT2D eigenvalue weighted by molar-refractivity contribution is 0.0690. The fourth-order valence-corrected chi connectivity index (χ4v) is 5.70. The van der Waals surface area contributed by atoms with Gasteiger partial charge in [0, 0.05) is 44.9 Å². The number of aliphatic hydroxyl groups excluding tert-OH is 2. The number of carboxylic acid groups (broad SMARTS) is 1. The Bertz CT molecular complexity index is 1920. The molecule has 232 valence electrons. The van der Waals surface area contributed by atoms with E-state index in [0.29, 0.717) is 34.6 Å². The van der Waals surface area contributed by atoms with Crippen molar-refractivity contribution in [1.82, 2.24) is 20.3 Å². The molecule has 0 aliphatic carbocycles. The summed E-state index contributed by atoms with van der Waals surface area (Å²) < 4.78 is 5.98. The third-order valence-corrected chi connectivity index (χ3v) is 7.82. The minimum atomic E-state index is -1.42. The number of nitrogen functional groups attached to an aromatic ring is 1. The van der Waals surface area contributed by atoms with E-state index < -0.39 is 36.2 Å². The molecule has 0 radical (unpaired) electrons. The SMILES string of the molecule is CC.Nc1nc2ccc(NC(=O)c3cc4c(cc3-c3ccc(C(=O)NCC(O)CO)nc3C(=O)O)OCc3ccsc3-4)cc2[nH]1. The van der Waals surface area contributed by atoms with E-state index >= 15 is 0 Å². The Labute approximate surface area is 260 Å². The molecule has 1 atom stereocenters. The van der Waals surface area contributed by atoms with Crippen LogP contribution in [0.2, 0.25) is 0 Å². The molecule has 3 aromatic heterocycles. The highest BCUT2D eigenvalue weighted by Crippen LogP contribution is 2.44. The van der Waals surface area contributed by atoms with Crippen molar-refractivity contribution in [3.8, 4) is 27.3 Å². The Morgan fingerprint density at radius 3 is 2.60 bits per heavy atom. The number of thiophene rings is 1. The Kier molecular flexibility index (Phi) is 9.08. The smallest absolute Gasteiger partial charge is 0.355 e. The van der Waals surface area contributed by atoms with Gasteiger partial charge in [0.2, 0.25) is 0 Å². The van der Waals surface area contributed by atoms with Crippen LogP contribution in [0.4, 0.5) is 11.6 Å². The normalized spacial score (nSPS) is 12.2. The van der Waals surface area contributed by atoms with E-state index in [1.54, 1.807) is 30.3 Å². The summed E-state index contributed by atoms with van der Waals surface area (Å²) in [6, 6.07) is 13.0. The van der Waals surface area contributed by atoms with Crippen LogP contribution in [-0.2, 0) is 6.61 Å². The lowest BCUT2D eigenvalue weighted by Crippen LogP contribution is -2.34. The number of carbonyl (C=O) groups excluding carboxylic acids is 2. The Morgan fingerprint density at radius 2 is 1.84 bits per heavy atom. The summed E-state index contributed by atoms with van der Waals surface area (Å²) in [7, 11) is 0. The van der Waals surface area contributed by atoms with Crippen molar-refractivity contribution in [2.75, 3.05) is 24.2 Å². The van der Waals surface area contributed by atoms with Crippen LogP contribution >= 0.6 is 11.3 Å². The van der Waals surface area contributed by atoms with Gasteiger partial charge < -0.3 is 41.4 Å². The number of amides is 2. The number of nitrogens with two attached hydrogens (primary N) is 1.